The van der Waals surface area contributed by atoms with Gasteiger partial charge in [-0.25, -0.2) is 24.9 Å². The molecule has 0 spiro atoms. The van der Waals surface area contributed by atoms with E-state index >= 15 is 0 Å². The molecule has 120 heavy (non-hydrogen) atoms. The Morgan fingerprint density at radius 1 is 0.308 bits per heavy atom. The Hall–Kier alpha value is -15.7. The number of allylic oxidation sites excluding steroid dienone is 1. The van der Waals surface area contributed by atoms with Crippen molar-refractivity contribution in [1.82, 2.24) is 24.9 Å². The van der Waals surface area contributed by atoms with Crippen LogP contribution in [0.3, 0.4) is 0 Å². The summed E-state index contributed by atoms with van der Waals surface area (Å²) in [5.41, 5.74) is 27.6. The molecular formula is C110H73N7O3. The topological polar surface area (TPSA) is 110 Å². The quantitative estimate of drug-likeness (QED) is 0.0984. The smallest absolute Gasteiger partial charge is 0.164 e. The first-order chi connectivity index (χ1) is 59.4. The first kappa shape index (κ1) is 69.8. The van der Waals surface area contributed by atoms with Crippen molar-refractivity contribution < 1.29 is 13.3 Å². The average molecular weight is 1540 g/mol. The summed E-state index contributed by atoms with van der Waals surface area (Å²) in [6, 6.07) is 128. The molecule has 23 rings (SSSR count). The van der Waals surface area contributed by atoms with Crippen molar-refractivity contribution in [2.45, 2.75) is 26.2 Å². The van der Waals surface area contributed by atoms with Gasteiger partial charge in [0, 0.05) is 100 Å². The maximum atomic E-state index is 7.10. The summed E-state index contributed by atoms with van der Waals surface area (Å²) in [7, 11) is 0. The molecule has 0 radical (unpaired) electrons. The molecule has 21 aromatic rings. The zero-order valence-corrected chi connectivity index (χ0v) is 65.4. The van der Waals surface area contributed by atoms with Gasteiger partial charge in [0.15, 0.2) is 28.7 Å². The third kappa shape index (κ3) is 12.2. The number of nitrogens with zero attached hydrogens (tertiary/aromatic N) is 7. The molecule has 0 bridgehead atoms. The zero-order valence-electron chi connectivity index (χ0n) is 65.4. The lowest BCUT2D eigenvalue weighted by Crippen LogP contribution is -2.35. The van der Waals surface area contributed by atoms with Crippen molar-refractivity contribution in [2.24, 2.45) is 5.92 Å². The summed E-state index contributed by atoms with van der Waals surface area (Å²) in [6.07, 6.45) is 9.52. The lowest BCUT2D eigenvalue weighted by molar-refractivity contribution is 0.560. The van der Waals surface area contributed by atoms with Crippen molar-refractivity contribution in [3.63, 3.8) is 0 Å². The number of hydrogen-bond donors (Lipinski definition) is 0. The van der Waals surface area contributed by atoms with Gasteiger partial charge in [0.2, 0.25) is 0 Å². The van der Waals surface area contributed by atoms with Gasteiger partial charge in [-0.05, 0) is 159 Å². The highest BCUT2D eigenvalue weighted by molar-refractivity contribution is 6.26. The van der Waals surface area contributed by atoms with Crippen LogP contribution in [0.15, 0.2) is 383 Å². The number of fused-ring (bicyclic) bond motifs is 14. The Balaban J connectivity index is 0.575. The van der Waals surface area contributed by atoms with Crippen molar-refractivity contribution in [1.29, 1.82) is 0 Å². The normalized spacial score (nSPS) is 13.2. The second kappa shape index (κ2) is 29.0. The van der Waals surface area contributed by atoms with E-state index in [2.05, 4.69) is 356 Å². The number of rotatable bonds is 15. The molecule has 0 aliphatic heterocycles. The molecule has 0 fully saturated rings. The van der Waals surface area contributed by atoms with Crippen LogP contribution in [-0.2, 0) is 6.42 Å². The second-order valence-electron chi connectivity index (χ2n) is 31.3. The Kier molecular flexibility index (Phi) is 16.8. The van der Waals surface area contributed by atoms with Crippen LogP contribution < -0.4 is 20.4 Å². The van der Waals surface area contributed by atoms with Gasteiger partial charge in [0.1, 0.15) is 27.9 Å². The van der Waals surface area contributed by atoms with Gasteiger partial charge in [0.25, 0.3) is 0 Å². The van der Waals surface area contributed by atoms with Crippen molar-refractivity contribution in [3.05, 3.63) is 392 Å². The second-order valence-corrected chi connectivity index (χ2v) is 31.3. The molecule has 0 N–H and O–H groups in total. The number of anilines is 5. The van der Waals surface area contributed by atoms with Crippen LogP contribution in [0, 0.1) is 5.92 Å². The number of aromatic nitrogens is 5. The lowest BCUT2D eigenvalue weighted by Gasteiger charge is -2.32. The van der Waals surface area contributed by atoms with E-state index < -0.39 is 0 Å². The molecule has 16 aromatic carbocycles. The van der Waals surface area contributed by atoms with Crippen LogP contribution in [0.4, 0.5) is 28.4 Å². The van der Waals surface area contributed by atoms with E-state index in [0.29, 0.717) is 23.3 Å². The third-order valence-electron chi connectivity index (χ3n) is 23.9. The van der Waals surface area contributed by atoms with Gasteiger partial charge in [-0.1, -0.05) is 304 Å². The summed E-state index contributed by atoms with van der Waals surface area (Å²) in [5.74, 6) is 2.67. The Labute approximate surface area is 691 Å². The summed E-state index contributed by atoms with van der Waals surface area (Å²) in [4.78, 5) is 31.3. The molecule has 5 aromatic heterocycles. The van der Waals surface area contributed by atoms with Gasteiger partial charge >= 0.3 is 0 Å². The van der Waals surface area contributed by atoms with Crippen molar-refractivity contribution in [3.8, 4) is 101 Å². The van der Waals surface area contributed by atoms with Gasteiger partial charge in [0.05, 0.1) is 28.5 Å². The van der Waals surface area contributed by atoms with Crippen molar-refractivity contribution in [2.75, 3.05) is 9.80 Å². The molecule has 5 heterocycles. The minimum absolute atomic E-state index is 0.276. The Morgan fingerprint density at radius 3 is 1.43 bits per heavy atom. The van der Waals surface area contributed by atoms with Crippen LogP contribution >= 0.6 is 0 Å². The first-order valence-electron chi connectivity index (χ1n) is 41.0. The Morgan fingerprint density at radius 2 is 0.775 bits per heavy atom. The molecule has 0 saturated heterocycles. The number of benzene rings is 16. The standard InChI is InChI=1S/C110H73N7O3/c1-68-61-91-86-37-21-22-42-97(86)120-106(91)96(62-68)117(81-33-15-6-16-34-81)95-67-101-103(88-39-20-18-36-85(88)95)105-90(41-24-44-99(105)119-101)110-114-108(76-31-13-5-14-32-76)113-109(115-110)80-52-51-78-63-77(49-50-79(78)64-80)73-47-45-70(46-48-73)72-55-59-83(60-56-72)116(82-57-53-71(54-58-82)69-25-7-2-8-26-69)94-66-100-102(87-38-19-17-35-84(87)94)104-89(40-23-43-98(104)118-100)93-65-92(74-27-9-3-10-28-74)111-107(112-93)75-29-11-4-12-30-75/h2-17,19-35,37-61,63-68H,18,36,62H2,1H3. The fourth-order valence-electron chi connectivity index (χ4n) is 18.2. The fourth-order valence-corrected chi connectivity index (χ4v) is 18.2. The minimum Gasteiger partial charge on any atom is -0.456 e. The van der Waals surface area contributed by atoms with Gasteiger partial charge < -0.3 is 23.1 Å². The maximum absolute atomic E-state index is 7.10. The highest BCUT2D eigenvalue weighted by Gasteiger charge is 2.31. The highest BCUT2D eigenvalue weighted by atomic mass is 16.3. The third-order valence-corrected chi connectivity index (χ3v) is 23.9. The van der Waals surface area contributed by atoms with E-state index in [1.54, 1.807) is 0 Å². The maximum Gasteiger partial charge on any atom is 0.164 e. The highest BCUT2D eigenvalue weighted by Crippen LogP contribution is 2.51. The average Bonchev–Trinajstić information content (AvgIpc) is 1.54. The Bertz CT molecular complexity index is 7740. The van der Waals surface area contributed by atoms with Crippen LogP contribution in [-0.4, -0.2) is 24.9 Å². The van der Waals surface area contributed by atoms with Crippen LogP contribution in [0.25, 0.3) is 196 Å². The van der Waals surface area contributed by atoms with Gasteiger partial charge in [-0.2, -0.15) is 0 Å². The molecule has 10 nitrogen and oxygen atoms in total. The molecule has 0 saturated carbocycles. The molecule has 2 aliphatic rings. The van der Waals surface area contributed by atoms with Crippen LogP contribution in [0.5, 0.6) is 0 Å². The van der Waals surface area contributed by atoms with E-state index in [0.717, 1.165) is 224 Å². The molecule has 566 valence electrons. The van der Waals surface area contributed by atoms with Gasteiger partial charge in [-0.3, -0.25) is 0 Å². The minimum atomic E-state index is 0.276. The number of hydrogen-bond acceptors (Lipinski definition) is 10. The monoisotopic (exact) mass is 1540 g/mol. The SMILES string of the molecule is CC1C=c2c(oc3ccccc23)=C(N(c2ccccc2)c2cc3oc4cccc(-c5nc(-c6ccccc6)nc(-c6ccc7cc(-c8ccc(-c9ccc(N(c%10ccc(-c%11ccccc%11)cc%10)c%10cc%11oc%12cccc(-c%13cc(-c%14ccccc%14)nc(-c%14ccccc%14)n%13)c%12c%11c%11ccccc%10%11)cc9)cc8)ccc7c6)n5)c4c3c3c2CCC=C3)C1. The molecular weight excluding hydrogens is 1470 g/mol. The van der Waals surface area contributed by atoms with Gasteiger partial charge in [-0.15, -0.1) is 0 Å². The lowest BCUT2D eigenvalue weighted by atomic mass is 9.89. The fraction of sp³-hybridized carbons (Fsp3) is 0.0455. The van der Waals surface area contributed by atoms with Crippen LogP contribution in [0.2, 0.25) is 0 Å². The largest absolute Gasteiger partial charge is 0.456 e. The molecule has 2 aliphatic carbocycles. The van der Waals surface area contributed by atoms with E-state index in [-0.39, 0.29) is 5.92 Å². The van der Waals surface area contributed by atoms with E-state index in [1.165, 1.54) is 5.56 Å². The summed E-state index contributed by atoms with van der Waals surface area (Å²) in [5, 5.41) is 10.6. The molecule has 10 heteroatoms. The van der Waals surface area contributed by atoms with Crippen LogP contribution in [0.1, 0.15) is 30.9 Å². The summed E-state index contributed by atoms with van der Waals surface area (Å²) < 4.78 is 21.0. The predicted octanol–water partition coefficient (Wildman–Crippen LogP) is 27.7. The molecule has 0 amide bonds. The summed E-state index contributed by atoms with van der Waals surface area (Å²) in [6.45, 7) is 2.30. The van der Waals surface area contributed by atoms with E-state index in [4.69, 9.17) is 38.2 Å². The zero-order chi connectivity index (χ0) is 79.3. The molecule has 1 atom stereocenters. The summed E-state index contributed by atoms with van der Waals surface area (Å²) >= 11 is 0. The first-order valence-corrected chi connectivity index (χ1v) is 41.0. The predicted molar refractivity (Wildman–Crippen MR) is 492 cm³/mol. The number of para-hydroxylation sites is 2. The molecule has 1 unspecified atom stereocenters. The number of furan rings is 3. The van der Waals surface area contributed by atoms with E-state index in [1.807, 2.05) is 42.5 Å². The van der Waals surface area contributed by atoms with E-state index in [9.17, 15) is 0 Å². The van der Waals surface area contributed by atoms with Crippen molar-refractivity contribution >= 4 is 123 Å².